The highest BCUT2D eigenvalue weighted by Gasteiger charge is 1.98. The van der Waals surface area contributed by atoms with Gasteiger partial charge in [-0.25, -0.2) is 0 Å². The Labute approximate surface area is 113 Å². The van der Waals surface area contributed by atoms with Crippen molar-refractivity contribution < 1.29 is 4.74 Å². The van der Waals surface area contributed by atoms with Crippen LogP contribution < -0.4 is 4.74 Å². The molecule has 18 heavy (non-hydrogen) atoms. The summed E-state index contributed by atoms with van der Waals surface area (Å²) >= 11 is 6.17. The highest BCUT2D eigenvalue weighted by molar-refractivity contribution is 6.32. The Hall–Kier alpha value is -1.73. The van der Waals surface area contributed by atoms with Crippen LogP contribution in [0.5, 0.6) is 5.75 Å². The van der Waals surface area contributed by atoms with Crippen molar-refractivity contribution >= 4 is 23.8 Å². The van der Waals surface area contributed by atoms with Crippen LogP contribution in [0.25, 0.3) is 12.2 Å². The number of halogens is 1. The molecule has 0 bridgehead atoms. The third-order valence-electron chi connectivity index (χ3n) is 2.74. The first kappa shape index (κ1) is 12.7. The van der Waals surface area contributed by atoms with Crippen LogP contribution in [-0.2, 0) is 0 Å². The molecule has 2 aromatic carbocycles. The predicted molar refractivity (Wildman–Crippen MR) is 78.1 cm³/mol. The van der Waals surface area contributed by atoms with Crippen molar-refractivity contribution in [3.05, 3.63) is 64.2 Å². The van der Waals surface area contributed by atoms with Crippen LogP contribution in [0.3, 0.4) is 0 Å². The first-order chi connectivity index (χ1) is 8.69. The second-order valence-electron chi connectivity index (χ2n) is 4.13. The van der Waals surface area contributed by atoms with Crippen molar-refractivity contribution in [2.24, 2.45) is 0 Å². The Morgan fingerprint density at radius 2 is 1.72 bits per heavy atom. The van der Waals surface area contributed by atoms with Gasteiger partial charge in [-0.3, -0.25) is 0 Å². The van der Waals surface area contributed by atoms with Crippen LogP contribution in [-0.4, -0.2) is 7.11 Å². The first-order valence-electron chi connectivity index (χ1n) is 5.77. The molecule has 0 aliphatic carbocycles. The molecule has 0 amide bonds. The fourth-order valence-corrected chi connectivity index (χ4v) is 1.87. The number of methoxy groups -OCH3 is 1. The second kappa shape index (κ2) is 5.74. The molecule has 92 valence electrons. The summed E-state index contributed by atoms with van der Waals surface area (Å²) in [6, 6.07) is 14.0. The van der Waals surface area contributed by atoms with E-state index in [4.69, 9.17) is 16.3 Å². The van der Waals surface area contributed by atoms with Crippen molar-refractivity contribution in [1.29, 1.82) is 0 Å². The summed E-state index contributed by atoms with van der Waals surface area (Å²) in [4.78, 5) is 0. The summed E-state index contributed by atoms with van der Waals surface area (Å²) in [7, 11) is 1.63. The Kier molecular flexibility index (Phi) is 4.06. The van der Waals surface area contributed by atoms with E-state index < -0.39 is 0 Å². The molecule has 0 unspecified atom stereocenters. The molecular weight excluding hydrogens is 244 g/mol. The number of hydrogen-bond acceptors (Lipinski definition) is 1. The zero-order valence-electron chi connectivity index (χ0n) is 10.5. The maximum absolute atomic E-state index is 6.17. The normalized spacial score (nSPS) is 10.8. The molecule has 2 aromatic rings. The van der Waals surface area contributed by atoms with Crippen LogP contribution in [0.2, 0.25) is 5.02 Å². The van der Waals surface area contributed by atoms with Crippen molar-refractivity contribution in [3.8, 4) is 5.75 Å². The Balaban J connectivity index is 2.20. The van der Waals surface area contributed by atoms with E-state index in [-0.39, 0.29) is 0 Å². The highest BCUT2D eigenvalue weighted by atomic mass is 35.5. The minimum Gasteiger partial charge on any atom is -0.497 e. The van der Waals surface area contributed by atoms with E-state index in [2.05, 4.69) is 31.2 Å². The molecule has 0 saturated heterocycles. The SMILES string of the molecule is COc1ccc(C=Cc2ccc(C)cc2)c(Cl)c1. The average Bonchev–Trinajstić information content (AvgIpc) is 2.39. The molecule has 0 spiro atoms. The largest absolute Gasteiger partial charge is 0.497 e. The van der Waals surface area contributed by atoms with Gasteiger partial charge >= 0.3 is 0 Å². The van der Waals surface area contributed by atoms with Gasteiger partial charge in [0.1, 0.15) is 5.75 Å². The maximum Gasteiger partial charge on any atom is 0.120 e. The van der Waals surface area contributed by atoms with E-state index in [1.165, 1.54) is 5.56 Å². The second-order valence-corrected chi connectivity index (χ2v) is 4.54. The van der Waals surface area contributed by atoms with E-state index in [1.54, 1.807) is 7.11 Å². The summed E-state index contributed by atoms with van der Waals surface area (Å²) in [5.74, 6) is 0.771. The highest BCUT2D eigenvalue weighted by Crippen LogP contribution is 2.24. The molecule has 0 atom stereocenters. The van der Waals surface area contributed by atoms with Gasteiger partial charge < -0.3 is 4.74 Å². The summed E-state index contributed by atoms with van der Waals surface area (Å²) < 4.78 is 5.12. The minimum atomic E-state index is 0.692. The molecule has 0 aliphatic rings. The molecule has 0 N–H and O–H groups in total. The number of rotatable bonds is 3. The van der Waals surface area contributed by atoms with Crippen LogP contribution in [0.4, 0.5) is 0 Å². The number of hydrogen-bond donors (Lipinski definition) is 0. The monoisotopic (exact) mass is 258 g/mol. The molecule has 0 radical (unpaired) electrons. The Morgan fingerprint density at radius 3 is 2.33 bits per heavy atom. The van der Waals surface area contributed by atoms with E-state index in [0.717, 1.165) is 16.9 Å². The molecule has 2 heteroatoms. The standard InChI is InChI=1S/C16H15ClO/c1-12-3-5-13(6-4-12)7-8-14-9-10-15(18-2)11-16(14)17/h3-11H,1-2H3. The molecule has 0 aromatic heterocycles. The first-order valence-corrected chi connectivity index (χ1v) is 6.15. The summed E-state index contributed by atoms with van der Waals surface area (Å²) in [6.45, 7) is 2.08. The number of aryl methyl sites for hydroxylation is 1. The van der Waals surface area contributed by atoms with Gasteiger partial charge in [0, 0.05) is 0 Å². The molecule has 0 heterocycles. The number of ether oxygens (including phenoxy) is 1. The van der Waals surface area contributed by atoms with Crippen molar-refractivity contribution in [2.45, 2.75) is 6.92 Å². The quantitative estimate of drug-likeness (QED) is 0.717. The van der Waals surface area contributed by atoms with Crippen LogP contribution >= 0.6 is 11.6 Å². The van der Waals surface area contributed by atoms with Crippen molar-refractivity contribution in [3.63, 3.8) is 0 Å². The van der Waals surface area contributed by atoms with Gasteiger partial charge in [0.05, 0.1) is 12.1 Å². The lowest BCUT2D eigenvalue weighted by Crippen LogP contribution is -1.83. The van der Waals surface area contributed by atoms with E-state index in [9.17, 15) is 0 Å². The molecule has 0 fully saturated rings. The molecule has 0 saturated carbocycles. The van der Waals surface area contributed by atoms with E-state index >= 15 is 0 Å². The summed E-state index contributed by atoms with van der Waals surface area (Å²) in [5, 5.41) is 0.692. The smallest absolute Gasteiger partial charge is 0.120 e. The van der Waals surface area contributed by atoms with Gasteiger partial charge in [-0.05, 0) is 36.2 Å². The summed E-state index contributed by atoms with van der Waals surface area (Å²) in [5.41, 5.74) is 3.40. The fourth-order valence-electron chi connectivity index (χ4n) is 1.63. The van der Waals surface area contributed by atoms with E-state index in [0.29, 0.717) is 5.02 Å². The van der Waals surface area contributed by atoms with Crippen molar-refractivity contribution in [1.82, 2.24) is 0 Å². The van der Waals surface area contributed by atoms with Gasteiger partial charge in [-0.2, -0.15) is 0 Å². The fraction of sp³-hybridized carbons (Fsp3) is 0.125. The lowest BCUT2D eigenvalue weighted by molar-refractivity contribution is 0.415. The zero-order valence-corrected chi connectivity index (χ0v) is 11.2. The van der Waals surface area contributed by atoms with Crippen LogP contribution in [0.1, 0.15) is 16.7 Å². The molecular formula is C16H15ClO. The lowest BCUT2D eigenvalue weighted by Gasteiger charge is -2.02. The maximum atomic E-state index is 6.17. The number of benzene rings is 2. The zero-order chi connectivity index (χ0) is 13.0. The average molecular weight is 259 g/mol. The van der Waals surface area contributed by atoms with Crippen LogP contribution in [0.15, 0.2) is 42.5 Å². The Morgan fingerprint density at radius 1 is 1.00 bits per heavy atom. The lowest BCUT2D eigenvalue weighted by atomic mass is 10.1. The van der Waals surface area contributed by atoms with Gasteiger partial charge in [0.15, 0.2) is 0 Å². The van der Waals surface area contributed by atoms with Gasteiger partial charge in [-0.15, -0.1) is 0 Å². The minimum absolute atomic E-state index is 0.692. The third kappa shape index (κ3) is 3.14. The molecule has 2 rings (SSSR count). The van der Waals surface area contributed by atoms with Gasteiger partial charge in [0.2, 0.25) is 0 Å². The van der Waals surface area contributed by atoms with Crippen molar-refractivity contribution in [2.75, 3.05) is 7.11 Å². The topological polar surface area (TPSA) is 9.23 Å². The summed E-state index contributed by atoms with van der Waals surface area (Å²) in [6.07, 6.45) is 4.06. The molecule has 0 aliphatic heterocycles. The molecule has 1 nitrogen and oxygen atoms in total. The van der Waals surface area contributed by atoms with E-state index in [1.807, 2.05) is 30.4 Å². The predicted octanol–water partition coefficient (Wildman–Crippen LogP) is 4.83. The van der Waals surface area contributed by atoms with Crippen LogP contribution in [0, 0.1) is 6.92 Å². The van der Waals surface area contributed by atoms with Gasteiger partial charge in [0.25, 0.3) is 0 Å². The van der Waals surface area contributed by atoms with Gasteiger partial charge in [-0.1, -0.05) is 53.6 Å². The Bertz CT molecular complexity index is 556. The third-order valence-corrected chi connectivity index (χ3v) is 3.07.